The lowest BCUT2D eigenvalue weighted by Crippen LogP contribution is -2.00. The Bertz CT molecular complexity index is 615. The highest BCUT2D eigenvalue weighted by atomic mass is 32.1. The van der Waals surface area contributed by atoms with Crippen LogP contribution in [0.3, 0.4) is 0 Å². The normalized spacial score (nSPS) is 12.7. The fourth-order valence-electron chi connectivity index (χ4n) is 1.97. The maximum atomic E-state index is 10.2. The summed E-state index contributed by atoms with van der Waals surface area (Å²) < 4.78 is 1.17. The highest BCUT2D eigenvalue weighted by molar-refractivity contribution is 7.18. The molecule has 1 N–H and O–H groups in total. The molecular formula is C15H13NOS. The minimum Gasteiger partial charge on any atom is -0.388 e. The van der Waals surface area contributed by atoms with Gasteiger partial charge in [0.25, 0.3) is 0 Å². The van der Waals surface area contributed by atoms with Crippen LogP contribution in [0.2, 0.25) is 0 Å². The molecule has 1 heterocycles. The number of aromatic nitrogens is 1. The van der Waals surface area contributed by atoms with E-state index in [4.69, 9.17) is 0 Å². The second-order valence-electron chi connectivity index (χ2n) is 4.21. The lowest BCUT2D eigenvalue weighted by Gasteiger charge is -2.08. The fraction of sp³-hybridized carbons (Fsp3) is 0.133. The van der Waals surface area contributed by atoms with Crippen molar-refractivity contribution in [2.75, 3.05) is 0 Å². The van der Waals surface area contributed by atoms with Crippen molar-refractivity contribution < 1.29 is 5.11 Å². The van der Waals surface area contributed by atoms with Gasteiger partial charge in [0.05, 0.1) is 21.3 Å². The van der Waals surface area contributed by atoms with E-state index in [1.807, 2.05) is 48.5 Å². The van der Waals surface area contributed by atoms with Crippen LogP contribution in [0, 0.1) is 0 Å². The SMILES string of the molecule is O[C@H](Cc1nc2ccccc2s1)c1ccccc1. The summed E-state index contributed by atoms with van der Waals surface area (Å²) in [6.07, 6.45) is 0.0929. The van der Waals surface area contributed by atoms with Gasteiger partial charge in [-0.05, 0) is 17.7 Å². The van der Waals surface area contributed by atoms with Crippen LogP contribution in [-0.2, 0) is 6.42 Å². The fourth-order valence-corrected chi connectivity index (χ4v) is 2.97. The Labute approximate surface area is 110 Å². The smallest absolute Gasteiger partial charge is 0.0967 e. The third-order valence-electron chi connectivity index (χ3n) is 2.89. The molecule has 18 heavy (non-hydrogen) atoms. The maximum absolute atomic E-state index is 10.2. The first-order chi connectivity index (χ1) is 8.83. The number of hydrogen-bond donors (Lipinski definition) is 1. The number of rotatable bonds is 3. The van der Waals surface area contributed by atoms with Gasteiger partial charge in [-0.15, -0.1) is 11.3 Å². The van der Waals surface area contributed by atoms with Crippen LogP contribution in [0.25, 0.3) is 10.2 Å². The Morgan fingerprint density at radius 3 is 2.50 bits per heavy atom. The van der Waals surface area contributed by atoms with E-state index in [-0.39, 0.29) is 0 Å². The van der Waals surface area contributed by atoms with Crippen molar-refractivity contribution in [2.24, 2.45) is 0 Å². The molecule has 1 atom stereocenters. The second-order valence-corrected chi connectivity index (χ2v) is 5.32. The topological polar surface area (TPSA) is 33.1 Å². The van der Waals surface area contributed by atoms with Crippen LogP contribution in [0.1, 0.15) is 16.7 Å². The number of fused-ring (bicyclic) bond motifs is 1. The number of aliphatic hydroxyl groups is 1. The first-order valence-electron chi connectivity index (χ1n) is 5.90. The predicted molar refractivity (Wildman–Crippen MR) is 74.7 cm³/mol. The zero-order chi connectivity index (χ0) is 12.4. The van der Waals surface area contributed by atoms with Crippen LogP contribution < -0.4 is 0 Å². The van der Waals surface area contributed by atoms with E-state index in [2.05, 4.69) is 11.1 Å². The molecule has 0 spiro atoms. The van der Waals surface area contributed by atoms with Crippen molar-refractivity contribution in [2.45, 2.75) is 12.5 Å². The van der Waals surface area contributed by atoms with E-state index in [1.165, 1.54) is 4.70 Å². The predicted octanol–water partition coefficient (Wildman–Crippen LogP) is 3.57. The largest absolute Gasteiger partial charge is 0.388 e. The molecule has 0 aliphatic rings. The molecule has 0 amide bonds. The molecule has 0 saturated carbocycles. The Balaban J connectivity index is 1.84. The molecule has 0 radical (unpaired) electrons. The zero-order valence-electron chi connectivity index (χ0n) is 9.78. The van der Waals surface area contributed by atoms with E-state index in [0.29, 0.717) is 6.42 Å². The van der Waals surface area contributed by atoms with E-state index >= 15 is 0 Å². The lowest BCUT2D eigenvalue weighted by molar-refractivity contribution is 0.178. The quantitative estimate of drug-likeness (QED) is 0.776. The highest BCUT2D eigenvalue weighted by Crippen LogP contribution is 2.25. The molecule has 0 aliphatic carbocycles. The third-order valence-corrected chi connectivity index (χ3v) is 3.95. The molecule has 2 nitrogen and oxygen atoms in total. The number of para-hydroxylation sites is 1. The van der Waals surface area contributed by atoms with E-state index in [9.17, 15) is 5.11 Å². The molecule has 0 saturated heterocycles. The molecule has 3 heteroatoms. The van der Waals surface area contributed by atoms with Crippen molar-refractivity contribution in [3.8, 4) is 0 Å². The van der Waals surface area contributed by atoms with Crippen molar-refractivity contribution in [3.63, 3.8) is 0 Å². The van der Waals surface area contributed by atoms with Crippen molar-refractivity contribution in [3.05, 3.63) is 65.2 Å². The number of thiazole rings is 1. The van der Waals surface area contributed by atoms with Gasteiger partial charge < -0.3 is 5.11 Å². The number of aliphatic hydroxyl groups excluding tert-OH is 1. The summed E-state index contributed by atoms with van der Waals surface area (Å²) in [5.41, 5.74) is 1.95. The van der Waals surface area contributed by atoms with Crippen LogP contribution in [0.4, 0.5) is 0 Å². The molecule has 0 fully saturated rings. The summed E-state index contributed by atoms with van der Waals surface area (Å²) in [7, 11) is 0. The molecule has 90 valence electrons. The summed E-state index contributed by atoms with van der Waals surface area (Å²) in [4.78, 5) is 4.54. The molecule has 0 aliphatic heterocycles. The molecule has 1 aromatic heterocycles. The van der Waals surface area contributed by atoms with Gasteiger partial charge in [-0.25, -0.2) is 4.98 Å². The molecule has 2 aromatic carbocycles. The minimum atomic E-state index is -0.480. The van der Waals surface area contributed by atoms with Gasteiger partial charge in [0.15, 0.2) is 0 Å². The monoisotopic (exact) mass is 255 g/mol. The third kappa shape index (κ3) is 2.28. The van der Waals surface area contributed by atoms with Crippen LogP contribution >= 0.6 is 11.3 Å². The molecule has 0 unspecified atom stereocenters. The summed E-state index contributed by atoms with van der Waals surface area (Å²) in [5, 5.41) is 11.1. The van der Waals surface area contributed by atoms with Gasteiger partial charge in [-0.3, -0.25) is 0 Å². The zero-order valence-corrected chi connectivity index (χ0v) is 10.6. The van der Waals surface area contributed by atoms with Crippen LogP contribution in [-0.4, -0.2) is 10.1 Å². The van der Waals surface area contributed by atoms with Gasteiger partial charge >= 0.3 is 0 Å². The van der Waals surface area contributed by atoms with E-state index < -0.39 is 6.10 Å². The first kappa shape index (κ1) is 11.4. The minimum absolute atomic E-state index is 0.480. The average molecular weight is 255 g/mol. The van der Waals surface area contributed by atoms with Crippen molar-refractivity contribution in [1.82, 2.24) is 4.98 Å². The van der Waals surface area contributed by atoms with Gasteiger partial charge in [0, 0.05) is 6.42 Å². The van der Waals surface area contributed by atoms with Crippen LogP contribution in [0.5, 0.6) is 0 Å². The van der Waals surface area contributed by atoms with Crippen LogP contribution in [0.15, 0.2) is 54.6 Å². The van der Waals surface area contributed by atoms with Gasteiger partial charge in [-0.2, -0.15) is 0 Å². The van der Waals surface area contributed by atoms with Crippen molar-refractivity contribution in [1.29, 1.82) is 0 Å². The van der Waals surface area contributed by atoms with Crippen molar-refractivity contribution >= 4 is 21.6 Å². The molecular weight excluding hydrogens is 242 g/mol. The summed E-state index contributed by atoms with van der Waals surface area (Å²) in [6, 6.07) is 17.8. The number of benzene rings is 2. The Morgan fingerprint density at radius 2 is 1.72 bits per heavy atom. The first-order valence-corrected chi connectivity index (χ1v) is 6.72. The second kappa shape index (κ2) is 4.88. The lowest BCUT2D eigenvalue weighted by atomic mass is 10.1. The summed E-state index contributed by atoms with van der Waals surface area (Å²) >= 11 is 1.65. The molecule has 3 rings (SSSR count). The molecule has 0 bridgehead atoms. The van der Waals surface area contributed by atoms with Gasteiger partial charge in [0.2, 0.25) is 0 Å². The Morgan fingerprint density at radius 1 is 1.00 bits per heavy atom. The maximum Gasteiger partial charge on any atom is 0.0967 e. The van der Waals surface area contributed by atoms with Gasteiger partial charge in [0.1, 0.15) is 0 Å². The Hall–Kier alpha value is -1.71. The standard InChI is InChI=1S/C15H13NOS/c17-13(11-6-2-1-3-7-11)10-15-16-12-8-4-5-9-14(12)18-15/h1-9,13,17H,10H2/t13-/m1/s1. The summed E-state index contributed by atoms with van der Waals surface area (Å²) in [5.74, 6) is 0. The van der Waals surface area contributed by atoms with E-state index in [1.54, 1.807) is 11.3 Å². The number of nitrogens with zero attached hydrogens (tertiary/aromatic N) is 1. The van der Waals surface area contributed by atoms with Gasteiger partial charge in [-0.1, -0.05) is 42.5 Å². The number of hydrogen-bond acceptors (Lipinski definition) is 3. The highest BCUT2D eigenvalue weighted by Gasteiger charge is 2.11. The Kier molecular flexibility index (Phi) is 3.09. The molecule has 3 aromatic rings. The summed E-state index contributed by atoms with van der Waals surface area (Å²) in [6.45, 7) is 0. The van der Waals surface area contributed by atoms with E-state index in [0.717, 1.165) is 16.1 Å². The average Bonchev–Trinajstić information content (AvgIpc) is 2.82.